The van der Waals surface area contributed by atoms with E-state index in [9.17, 15) is 4.79 Å². The van der Waals surface area contributed by atoms with Crippen LogP contribution in [0.15, 0.2) is 23.8 Å². The first-order valence-electron chi connectivity index (χ1n) is 6.34. The second-order valence-corrected chi connectivity index (χ2v) is 6.58. The average molecular weight is 317 g/mol. The number of nitrogens with one attached hydrogen (secondary N) is 2. The van der Waals surface area contributed by atoms with Gasteiger partial charge in [0.05, 0.1) is 16.6 Å². The third-order valence-corrected chi connectivity index (χ3v) is 5.11. The van der Waals surface area contributed by atoms with Crippen molar-refractivity contribution in [1.82, 2.24) is 24.9 Å². The highest BCUT2D eigenvalue weighted by molar-refractivity contribution is 7.21. The van der Waals surface area contributed by atoms with Gasteiger partial charge in [-0.05, 0) is 13.0 Å². The van der Waals surface area contributed by atoms with E-state index in [-0.39, 0.29) is 5.91 Å². The smallest absolute Gasteiger partial charge is 0.261 e. The molecule has 0 spiro atoms. The molecule has 106 valence electrons. The van der Waals surface area contributed by atoms with E-state index in [4.69, 9.17) is 0 Å². The lowest BCUT2D eigenvalue weighted by atomic mass is 10.2. The van der Waals surface area contributed by atoms with Gasteiger partial charge in [0, 0.05) is 29.4 Å². The first-order chi connectivity index (χ1) is 10.2. The monoisotopic (exact) mass is 317 g/mol. The third kappa shape index (κ3) is 2.03. The highest BCUT2D eigenvalue weighted by Gasteiger charge is 2.15. The van der Waals surface area contributed by atoms with Crippen molar-refractivity contribution in [3.63, 3.8) is 0 Å². The van der Waals surface area contributed by atoms with Gasteiger partial charge in [-0.1, -0.05) is 0 Å². The zero-order valence-corrected chi connectivity index (χ0v) is 12.7. The number of H-pyrrole nitrogens is 1. The van der Waals surface area contributed by atoms with Crippen molar-refractivity contribution >= 4 is 43.9 Å². The standard InChI is InChI=1S/C13H11N5OS2/c1-7-8(6-15-17-7)5-14-11(19)10-4-9-12(21-10)16-13-18(9)2-3-20-13/h2-4,6H,5H2,1H3,(H,14,19)(H,15,17). The minimum absolute atomic E-state index is 0.0809. The number of aromatic amines is 1. The zero-order chi connectivity index (χ0) is 14.4. The number of imidazole rings is 1. The molecule has 21 heavy (non-hydrogen) atoms. The SMILES string of the molecule is Cc1[nH]ncc1CNC(=O)c1cc2c(nc3sccn32)s1. The summed E-state index contributed by atoms with van der Waals surface area (Å²) in [5.74, 6) is -0.0809. The molecule has 0 radical (unpaired) electrons. The summed E-state index contributed by atoms with van der Waals surface area (Å²) in [5.41, 5.74) is 2.95. The fourth-order valence-corrected chi connectivity index (χ4v) is 3.89. The van der Waals surface area contributed by atoms with E-state index in [2.05, 4.69) is 20.5 Å². The minimum atomic E-state index is -0.0809. The summed E-state index contributed by atoms with van der Waals surface area (Å²) in [5, 5.41) is 11.7. The molecule has 8 heteroatoms. The lowest BCUT2D eigenvalue weighted by molar-refractivity contribution is 0.0955. The molecule has 0 saturated carbocycles. The largest absolute Gasteiger partial charge is 0.347 e. The Morgan fingerprint density at radius 1 is 1.52 bits per heavy atom. The van der Waals surface area contributed by atoms with Crippen LogP contribution in [0.5, 0.6) is 0 Å². The molecule has 0 unspecified atom stereocenters. The lowest BCUT2D eigenvalue weighted by Crippen LogP contribution is -2.21. The normalized spacial score (nSPS) is 11.5. The quantitative estimate of drug-likeness (QED) is 0.610. The number of carbonyl (C=O) groups excluding carboxylic acids is 1. The molecule has 0 fully saturated rings. The summed E-state index contributed by atoms with van der Waals surface area (Å²) in [7, 11) is 0. The van der Waals surface area contributed by atoms with Crippen LogP contribution in [0.25, 0.3) is 15.3 Å². The first kappa shape index (κ1) is 12.5. The summed E-state index contributed by atoms with van der Waals surface area (Å²) in [6.07, 6.45) is 3.70. The number of carbonyl (C=O) groups is 1. The maximum atomic E-state index is 12.2. The predicted molar refractivity (Wildman–Crippen MR) is 82.9 cm³/mol. The van der Waals surface area contributed by atoms with Gasteiger partial charge in [-0.15, -0.1) is 22.7 Å². The number of fused-ring (bicyclic) bond motifs is 3. The van der Waals surface area contributed by atoms with Gasteiger partial charge < -0.3 is 5.32 Å². The van der Waals surface area contributed by atoms with E-state index in [1.54, 1.807) is 17.5 Å². The Balaban J connectivity index is 1.58. The zero-order valence-electron chi connectivity index (χ0n) is 11.1. The van der Waals surface area contributed by atoms with Crippen molar-refractivity contribution in [3.05, 3.63) is 40.0 Å². The van der Waals surface area contributed by atoms with Gasteiger partial charge in [-0.25, -0.2) is 4.98 Å². The number of amides is 1. The molecule has 0 aromatic carbocycles. The molecule has 0 aliphatic rings. The average Bonchev–Trinajstić information content (AvgIpc) is 3.17. The second kappa shape index (κ2) is 4.68. The van der Waals surface area contributed by atoms with Gasteiger partial charge in [0.15, 0.2) is 4.96 Å². The van der Waals surface area contributed by atoms with Gasteiger partial charge in [-0.2, -0.15) is 5.10 Å². The Morgan fingerprint density at radius 3 is 3.24 bits per heavy atom. The fourth-order valence-electron chi connectivity index (χ4n) is 2.18. The van der Waals surface area contributed by atoms with Crippen LogP contribution in [0.3, 0.4) is 0 Å². The van der Waals surface area contributed by atoms with Crippen LogP contribution in [-0.4, -0.2) is 25.5 Å². The molecule has 4 aromatic heterocycles. The van der Waals surface area contributed by atoms with Gasteiger partial charge in [0.2, 0.25) is 0 Å². The summed E-state index contributed by atoms with van der Waals surface area (Å²) in [6.45, 7) is 2.40. The van der Waals surface area contributed by atoms with Crippen LogP contribution in [-0.2, 0) is 6.54 Å². The van der Waals surface area contributed by atoms with Crippen LogP contribution < -0.4 is 5.32 Å². The molecule has 2 N–H and O–H groups in total. The van der Waals surface area contributed by atoms with E-state index in [1.165, 1.54) is 11.3 Å². The Kier molecular flexibility index (Phi) is 2.79. The van der Waals surface area contributed by atoms with Gasteiger partial charge in [-0.3, -0.25) is 14.3 Å². The molecule has 0 aliphatic heterocycles. The molecule has 0 aliphatic carbocycles. The van der Waals surface area contributed by atoms with E-state index < -0.39 is 0 Å². The van der Waals surface area contributed by atoms with Gasteiger partial charge >= 0.3 is 0 Å². The van der Waals surface area contributed by atoms with Crippen LogP contribution in [0, 0.1) is 6.92 Å². The molecule has 0 bridgehead atoms. The summed E-state index contributed by atoms with van der Waals surface area (Å²) >= 11 is 3.01. The minimum Gasteiger partial charge on any atom is -0.347 e. The molecular weight excluding hydrogens is 306 g/mol. The number of thiophene rings is 1. The van der Waals surface area contributed by atoms with Crippen molar-refractivity contribution in [1.29, 1.82) is 0 Å². The van der Waals surface area contributed by atoms with Gasteiger partial charge in [0.25, 0.3) is 5.91 Å². The molecule has 0 atom stereocenters. The number of hydrogen-bond acceptors (Lipinski definition) is 5. The van der Waals surface area contributed by atoms with E-state index in [0.29, 0.717) is 11.4 Å². The molecule has 1 amide bonds. The first-order valence-corrected chi connectivity index (χ1v) is 8.04. The van der Waals surface area contributed by atoms with Crippen molar-refractivity contribution < 1.29 is 4.79 Å². The number of hydrogen-bond donors (Lipinski definition) is 2. The van der Waals surface area contributed by atoms with Crippen LogP contribution in [0.4, 0.5) is 0 Å². The summed E-state index contributed by atoms with van der Waals surface area (Å²) in [6, 6.07) is 1.89. The molecule has 4 rings (SSSR count). The molecule has 4 aromatic rings. The Bertz CT molecular complexity index is 944. The fraction of sp³-hybridized carbons (Fsp3) is 0.154. The van der Waals surface area contributed by atoms with E-state index in [0.717, 1.165) is 26.6 Å². The number of thiazole rings is 1. The van der Waals surface area contributed by atoms with Crippen molar-refractivity contribution in [3.8, 4) is 0 Å². The molecule has 6 nitrogen and oxygen atoms in total. The Labute approximate surface area is 127 Å². The topological polar surface area (TPSA) is 75.1 Å². The molecular formula is C13H11N5OS2. The lowest BCUT2D eigenvalue weighted by Gasteiger charge is -2.01. The number of aromatic nitrogens is 4. The highest BCUT2D eigenvalue weighted by atomic mass is 32.1. The Hall–Kier alpha value is -2.19. The second-order valence-electron chi connectivity index (χ2n) is 4.67. The van der Waals surface area contributed by atoms with Crippen LogP contribution in [0.2, 0.25) is 0 Å². The summed E-state index contributed by atoms with van der Waals surface area (Å²) < 4.78 is 2.01. The maximum absolute atomic E-state index is 12.2. The van der Waals surface area contributed by atoms with Gasteiger partial charge in [0.1, 0.15) is 4.83 Å². The van der Waals surface area contributed by atoms with Crippen molar-refractivity contribution in [2.45, 2.75) is 13.5 Å². The maximum Gasteiger partial charge on any atom is 0.261 e. The molecule has 4 heterocycles. The van der Waals surface area contributed by atoms with E-state index >= 15 is 0 Å². The van der Waals surface area contributed by atoms with Crippen molar-refractivity contribution in [2.75, 3.05) is 0 Å². The highest BCUT2D eigenvalue weighted by Crippen LogP contribution is 2.28. The molecule has 0 saturated heterocycles. The Morgan fingerprint density at radius 2 is 2.43 bits per heavy atom. The number of aryl methyl sites for hydroxylation is 1. The number of nitrogens with zero attached hydrogens (tertiary/aromatic N) is 3. The van der Waals surface area contributed by atoms with Crippen LogP contribution >= 0.6 is 22.7 Å². The predicted octanol–water partition coefficient (Wildman–Crippen LogP) is 2.57. The van der Waals surface area contributed by atoms with E-state index in [1.807, 2.05) is 29.0 Å². The summed E-state index contributed by atoms with van der Waals surface area (Å²) in [4.78, 5) is 19.3. The van der Waals surface area contributed by atoms with Crippen molar-refractivity contribution in [2.24, 2.45) is 0 Å². The third-order valence-electron chi connectivity index (χ3n) is 3.34. The number of rotatable bonds is 3. The van der Waals surface area contributed by atoms with Crippen LogP contribution in [0.1, 0.15) is 20.9 Å².